The number of carbonyl (C=O) groups excluding carboxylic acids is 1. The van der Waals surface area contributed by atoms with Crippen molar-refractivity contribution in [1.82, 2.24) is 3.53 Å². The lowest BCUT2D eigenvalue weighted by Gasteiger charge is -2.15. The van der Waals surface area contributed by atoms with Crippen LogP contribution in [-0.2, 0) is 9.53 Å². The molecular formula is C6H12INO2. The van der Waals surface area contributed by atoms with Gasteiger partial charge in [-0.3, -0.25) is 4.79 Å². The highest BCUT2D eigenvalue weighted by Gasteiger charge is 2.20. The molecule has 0 aliphatic carbocycles. The summed E-state index contributed by atoms with van der Waals surface area (Å²) in [5, 5.41) is 0. The first-order valence-electron chi connectivity index (χ1n) is 3.07. The van der Waals surface area contributed by atoms with Gasteiger partial charge >= 0.3 is 5.97 Å². The van der Waals surface area contributed by atoms with Crippen LogP contribution >= 0.6 is 22.9 Å². The van der Waals surface area contributed by atoms with E-state index in [2.05, 4.69) is 8.27 Å². The highest BCUT2D eigenvalue weighted by Crippen LogP contribution is 2.04. The summed E-state index contributed by atoms with van der Waals surface area (Å²) in [6, 6.07) is -0.189. The third-order valence-electron chi connectivity index (χ3n) is 1.24. The van der Waals surface area contributed by atoms with Gasteiger partial charge in [0.1, 0.15) is 6.04 Å². The van der Waals surface area contributed by atoms with Crippen molar-refractivity contribution >= 4 is 28.8 Å². The van der Waals surface area contributed by atoms with Crippen LogP contribution in [0, 0.1) is 5.92 Å². The molecule has 0 saturated heterocycles. The first kappa shape index (κ1) is 10.2. The Morgan fingerprint density at radius 2 is 2.10 bits per heavy atom. The van der Waals surface area contributed by atoms with Gasteiger partial charge in [-0.05, 0) is 5.92 Å². The van der Waals surface area contributed by atoms with Gasteiger partial charge in [0.2, 0.25) is 0 Å². The number of methoxy groups -OCH3 is 1. The summed E-state index contributed by atoms with van der Waals surface area (Å²) in [4.78, 5) is 10.9. The zero-order chi connectivity index (χ0) is 8.15. The lowest BCUT2D eigenvalue weighted by Crippen LogP contribution is -2.36. The summed E-state index contributed by atoms with van der Waals surface area (Å²) in [5.74, 6) is 0.0637. The number of rotatable bonds is 3. The standard InChI is InChI=1S/C6H12INO2/c1-4(2)5(8-7)6(9)10-3/h4-5,8H,1-3H3. The van der Waals surface area contributed by atoms with Crippen molar-refractivity contribution < 1.29 is 9.53 Å². The Morgan fingerprint density at radius 3 is 2.20 bits per heavy atom. The van der Waals surface area contributed by atoms with Crippen LogP contribution in [0.3, 0.4) is 0 Å². The minimum atomic E-state index is -0.204. The van der Waals surface area contributed by atoms with Gasteiger partial charge in [-0.15, -0.1) is 0 Å². The van der Waals surface area contributed by atoms with Crippen LogP contribution < -0.4 is 3.53 Å². The second-order valence-corrected chi connectivity index (χ2v) is 2.98. The Labute approximate surface area is 75.0 Å². The number of halogens is 1. The van der Waals surface area contributed by atoms with Crippen LogP contribution in [0.15, 0.2) is 0 Å². The summed E-state index contributed by atoms with van der Waals surface area (Å²) in [6.45, 7) is 3.93. The predicted molar refractivity (Wildman–Crippen MR) is 47.8 cm³/mol. The van der Waals surface area contributed by atoms with E-state index in [0.717, 1.165) is 0 Å². The second-order valence-electron chi connectivity index (χ2n) is 2.35. The van der Waals surface area contributed by atoms with Gasteiger partial charge in [0, 0.05) is 22.9 Å². The fourth-order valence-corrected chi connectivity index (χ4v) is 1.54. The molecule has 0 aromatic carbocycles. The largest absolute Gasteiger partial charge is 0.468 e. The summed E-state index contributed by atoms with van der Waals surface area (Å²) in [5.41, 5.74) is 0. The predicted octanol–water partition coefficient (Wildman–Crippen LogP) is 1.12. The van der Waals surface area contributed by atoms with Crippen molar-refractivity contribution in [3.63, 3.8) is 0 Å². The molecule has 60 valence electrons. The third-order valence-corrected chi connectivity index (χ3v) is 1.91. The Balaban J connectivity index is 3.93. The molecule has 0 aromatic rings. The highest BCUT2D eigenvalue weighted by atomic mass is 127. The van der Waals surface area contributed by atoms with Gasteiger partial charge < -0.3 is 4.74 Å². The van der Waals surface area contributed by atoms with E-state index in [1.54, 1.807) is 0 Å². The normalized spacial score (nSPS) is 13.3. The molecule has 1 unspecified atom stereocenters. The minimum absolute atomic E-state index is 0.189. The van der Waals surface area contributed by atoms with Gasteiger partial charge in [0.25, 0.3) is 0 Å². The smallest absolute Gasteiger partial charge is 0.323 e. The van der Waals surface area contributed by atoms with E-state index in [-0.39, 0.29) is 17.9 Å². The van der Waals surface area contributed by atoms with E-state index in [1.807, 2.05) is 36.7 Å². The molecule has 0 aliphatic heterocycles. The molecule has 0 amide bonds. The molecule has 0 rings (SSSR count). The van der Waals surface area contributed by atoms with E-state index in [9.17, 15) is 4.79 Å². The molecular weight excluding hydrogens is 245 g/mol. The van der Waals surface area contributed by atoms with E-state index in [0.29, 0.717) is 0 Å². The molecule has 0 heterocycles. The average Bonchev–Trinajstić information content (AvgIpc) is 1.88. The quantitative estimate of drug-likeness (QED) is 0.468. The molecule has 3 nitrogen and oxygen atoms in total. The lowest BCUT2D eigenvalue weighted by atomic mass is 10.1. The van der Waals surface area contributed by atoms with Gasteiger partial charge in [-0.2, -0.15) is 0 Å². The van der Waals surface area contributed by atoms with E-state index >= 15 is 0 Å². The number of ether oxygens (including phenoxy) is 1. The van der Waals surface area contributed by atoms with Crippen molar-refractivity contribution in [3.05, 3.63) is 0 Å². The van der Waals surface area contributed by atoms with Crippen LogP contribution in [0.25, 0.3) is 0 Å². The fraction of sp³-hybridized carbons (Fsp3) is 0.833. The topological polar surface area (TPSA) is 38.3 Å². The number of hydrogen-bond acceptors (Lipinski definition) is 3. The summed E-state index contributed by atoms with van der Waals surface area (Å²) >= 11 is 1.95. The van der Waals surface area contributed by atoms with Gasteiger partial charge in [0.15, 0.2) is 0 Å². The summed E-state index contributed by atoms with van der Waals surface area (Å²) in [6.07, 6.45) is 0. The second kappa shape index (κ2) is 4.90. The summed E-state index contributed by atoms with van der Waals surface area (Å²) in [7, 11) is 1.39. The fourth-order valence-electron chi connectivity index (χ4n) is 0.570. The molecule has 0 aliphatic rings. The maximum Gasteiger partial charge on any atom is 0.323 e. The Kier molecular flexibility index (Phi) is 4.98. The molecule has 0 fully saturated rings. The maximum atomic E-state index is 10.9. The van der Waals surface area contributed by atoms with Crippen LogP contribution in [0.2, 0.25) is 0 Å². The van der Waals surface area contributed by atoms with Crippen LogP contribution in [0.4, 0.5) is 0 Å². The van der Waals surface area contributed by atoms with Crippen LogP contribution in [0.5, 0.6) is 0 Å². The van der Waals surface area contributed by atoms with Crippen molar-refractivity contribution in [2.45, 2.75) is 19.9 Å². The number of esters is 1. The van der Waals surface area contributed by atoms with Gasteiger partial charge in [-0.1, -0.05) is 13.8 Å². The Morgan fingerprint density at radius 1 is 1.60 bits per heavy atom. The third kappa shape index (κ3) is 2.83. The average molecular weight is 257 g/mol. The molecule has 1 N–H and O–H groups in total. The van der Waals surface area contributed by atoms with Crippen molar-refractivity contribution in [2.75, 3.05) is 7.11 Å². The van der Waals surface area contributed by atoms with Crippen LogP contribution in [0.1, 0.15) is 13.8 Å². The van der Waals surface area contributed by atoms with E-state index < -0.39 is 0 Å². The molecule has 0 radical (unpaired) electrons. The number of hydrogen-bond donors (Lipinski definition) is 1. The first-order valence-corrected chi connectivity index (χ1v) is 4.15. The summed E-state index contributed by atoms with van der Waals surface area (Å²) < 4.78 is 7.41. The van der Waals surface area contributed by atoms with Crippen molar-refractivity contribution in [3.8, 4) is 0 Å². The molecule has 0 bridgehead atoms. The molecule has 1 atom stereocenters. The number of carbonyl (C=O) groups is 1. The van der Waals surface area contributed by atoms with Crippen LogP contribution in [-0.4, -0.2) is 19.1 Å². The van der Waals surface area contributed by atoms with Crippen molar-refractivity contribution in [1.29, 1.82) is 0 Å². The Hall–Kier alpha value is 0.160. The zero-order valence-corrected chi connectivity index (χ0v) is 8.51. The molecule has 4 heteroatoms. The first-order chi connectivity index (χ1) is 4.63. The van der Waals surface area contributed by atoms with E-state index in [1.165, 1.54) is 7.11 Å². The highest BCUT2D eigenvalue weighted by molar-refractivity contribution is 14.1. The SMILES string of the molecule is COC(=O)C(NI)C(C)C. The number of nitrogens with one attached hydrogen (secondary N) is 1. The van der Waals surface area contributed by atoms with Crippen molar-refractivity contribution in [2.24, 2.45) is 5.92 Å². The molecule has 0 aromatic heterocycles. The van der Waals surface area contributed by atoms with E-state index in [4.69, 9.17) is 0 Å². The molecule has 0 saturated carbocycles. The lowest BCUT2D eigenvalue weighted by molar-refractivity contribution is -0.143. The maximum absolute atomic E-state index is 10.9. The van der Waals surface area contributed by atoms with Gasteiger partial charge in [0.05, 0.1) is 7.11 Å². The molecule has 10 heavy (non-hydrogen) atoms. The minimum Gasteiger partial charge on any atom is -0.468 e. The van der Waals surface area contributed by atoms with Gasteiger partial charge in [-0.25, -0.2) is 3.53 Å². The zero-order valence-electron chi connectivity index (χ0n) is 6.35. The molecule has 0 spiro atoms. The monoisotopic (exact) mass is 257 g/mol. The Bertz CT molecular complexity index is 116.